The van der Waals surface area contributed by atoms with E-state index in [1.54, 1.807) is 0 Å². The van der Waals surface area contributed by atoms with E-state index in [1.807, 2.05) is 0 Å². The quantitative estimate of drug-likeness (QED) is 0.728. The van der Waals surface area contributed by atoms with Gasteiger partial charge in [-0.25, -0.2) is 0 Å². The van der Waals surface area contributed by atoms with E-state index in [-0.39, 0.29) is 0 Å². The monoisotopic (exact) mass is 215 g/mol. The lowest BCUT2D eigenvalue weighted by Gasteiger charge is -2.25. The highest BCUT2D eigenvalue weighted by Crippen LogP contribution is 2.37. The molecule has 1 nitrogen and oxygen atoms in total. The van der Waals surface area contributed by atoms with Gasteiger partial charge in [0.25, 0.3) is 0 Å². The van der Waals surface area contributed by atoms with Crippen LogP contribution in [0.5, 0.6) is 0 Å². The van der Waals surface area contributed by atoms with Crippen molar-refractivity contribution in [3.63, 3.8) is 0 Å². The molecule has 2 unspecified atom stereocenters. The summed E-state index contributed by atoms with van der Waals surface area (Å²) in [7, 11) is 0. The smallest absolute Gasteiger partial charge is 0.0256 e. The van der Waals surface area contributed by atoms with Crippen molar-refractivity contribution in [2.75, 3.05) is 12.3 Å². The Kier molecular flexibility index (Phi) is 5.32. The Morgan fingerprint density at radius 3 is 2.86 bits per heavy atom. The maximum Gasteiger partial charge on any atom is 0.0256 e. The van der Waals surface area contributed by atoms with Crippen LogP contribution in [0.2, 0.25) is 0 Å². The molecule has 0 radical (unpaired) electrons. The highest BCUT2D eigenvalue weighted by atomic mass is 32.2. The maximum atomic E-state index is 3.68. The van der Waals surface area contributed by atoms with Gasteiger partial charge in [0.1, 0.15) is 0 Å². The van der Waals surface area contributed by atoms with Crippen molar-refractivity contribution in [1.82, 2.24) is 5.32 Å². The third-order valence-electron chi connectivity index (χ3n) is 3.12. The lowest BCUT2D eigenvalue weighted by molar-refractivity contribution is 0.451. The number of thioether (sulfide) groups is 1. The topological polar surface area (TPSA) is 12.0 Å². The fourth-order valence-electron chi connectivity index (χ4n) is 1.98. The van der Waals surface area contributed by atoms with E-state index in [1.165, 1.54) is 44.4 Å². The van der Waals surface area contributed by atoms with Crippen LogP contribution in [-0.2, 0) is 0 Å². The standard InChI is InChI=1S/C12H25NS/c1-4-5-7-11(2)13-10-12(3)8-6-9-14-12/h11,13H,4-10H2,1-3H3. The average molecular weight is 215 g/mol. The van der Waals surface area contributed by atoms with Crippen LogP contribution in [0.4, 0.5) is 0 Å². The zero-order chi connectivity index (χ0) is 10.4. The molecule has 0 aromatic carbocycles. The molecule has 84 valence electrons. The van der Waals surface area contributed by atoms with Gasteiger partial charge in [-0.2, -0.15) is 11.8 Å². The van der Waals surface area contributed by atoms with Crippen LogP contribution in [0.3, 0.4) is 0 Å². The van der Waals surface area contributed by atoms with E-state index in [0.29, 0.717) is 10.8 Å². The molecule has 1 N–H and O–H groups in total. The predicted octanol–water partition coefficient (Wildman–Crippen LogP) is 3.44. The van der Waals surface area contributed by atoms with Crippen molar-refractivity contribution in [3.8, 4) is 0 Å². The number of hydrogen-bond acceptors (Lipinski definition) is 2. The largest absolute Gasteiger partial charge is 0.313 e. The lowest BCUT2D eigenvalue weighted by atomic mass is 10.0. The Hall–Kier alpha value is 0.310. The summed E-state index contributed by atoms with van der Waals surface area (Å²) in [5.74, 6) is 1.36. The molecule has 14 heavy (non-hydrogen) atoms. The number of unbranched alkanes of at least 4 members (excludes halogenated alkanes) is 1. The molecule has 0 spiro atoms. The summed E-state index contributed by atoms with van der Waals surface area (Å²) in [4.78, 5) is 0. The van der Waals surface area contributed by atoms with E-state index in [9.17, 15) is 0 Å². The van der Waals surface area contributed by atoms with E-state index in [0.717, 1.165) is 0 Å². The molecular formula is C12H25NS. The SMILES string of the molecule is CCCCC(C)NCC1(C)CCCS1. The van der Waals surface area contributed by atoms with Gasteiger partial charge in [-0.15, -0.1) is 0 Å². The van der Waals surface area contributed by atoms with Gasteiger partial charge >= 0.3 is 0 Å². The second-order valence-corrected chi connectivity index (χ2v) is 6.51. The Bertz CT molecular complexity index is 152. The first kappa shape index (κ1) is 12.4. The lowest BCUT2D eigenvalue weighted by Crippen LogP contribution is -2.37. The molecule has 1 heterocycles. The summed E-state index contributed by atoms with van der Waals surface area (Å²) in [5, 5.41) is 3.68. The van der Waals surface area contributed by atoms with Crippen LogP contribution in [0.25, 0.3) is 0 Å². The van der Waals surface area contributed by atoms with Gasteiger partial charge < -0.3 is 5.32 Å². The van der Waals surface area contributed by atoms with Crippen LogP contribution >= 0.6 is 11.8 Å². The predicted molar refractivity (Wildman–Crippen MR) is 67.1 cm³/mol. The fourth-order valence-corrected chi connectivity index (χ4v) is 3.23. The summed E-state index contributed by atoms with van der Waals surface area (Å²) in [6, 6.07) is 0.702. The number of hydrogen-bond donors (Lipinski definition) is 1. The zero-order valence-electron chi connectivity index (χ0n) is 9.94. The van der Waals surface area contributed by atoms with Crippen molar-refractivity contribution in [1.29, 1.82) is 0 Å². The molecule has 0 amide bonds. The van der Waals surface area contributed by atoms with E-state index < -0.39 is 0 Å². The summed E-state index contributed by atoms with van der Waals surface area (Å²) < 4.78 is 0.528. The normalized spacial score (nSPS) is 29.4. The molecule has 1 aliphatic rings. The van der Waals surface area contributed by atoms with Gasteiger partial charge in [0.15, 0.2) is 0 Å². The second kappa shape index (κ2) is 6.02. The molecule has 2 atom stereocenters. The van der Waals surface area contributed by atoms with Crippen LogP contribution in [0.15, 0.2) is 0 Å². The minimum atomic E-state index is 0.528. The Labute approximate surface area is 93.4 Å². The summed E-state index contributed by atoms with van der Waals surface area (Å²) in [6.45, 7) is 8.19. The van der Waals surface area contributed by atoms with Crippen molar-refractivity contribution in [3.05, 3.63) is 0 Å². The van der Waals surface area contributed by atoms with E-state index in [2.05, 4.69) is 37.8 Å². The first-order valence-electron chi connectivity index (χ1n) is 6.03. The first-order chi connectivity index (χ1) is 6.66. The van der Waals surface area contributed by atoms with Crippen LogP contribution in [0.1, 0.15) is 52.9 Å². The third-order valence-corrected chi connectivity index (χ3v) is 4.65. The molecule has 0 saturated carbocycles. The van der Waals surface area contributed by atoms with Gasteiger partial charge in [-0.1, -0.05) is 19.8 Å². The average Bonchev–Trinajstić information content (AvgIpc) is 2.60. The number of rotatable bonds is 6. The highest BCUT2D eigenvalue weighted by molar-refractivity contribution is 8.00. The molecule has 1 saturated heterocycles. The molecule has 1 fully saturated rings. The minimum absolute atomic E-state index is 0.528. The molecule has 0 aromatic rings. The fraction of sp³-hybridized carbons (Fsp3) is 1.00. The van der Waals surface area contributed by atoms with E-state index >= 15 is 0 Å². The molecule has 0 bridgehead atoms. The van der Waals surface area contributed by atoms with Crippen molar-refractivity contribution < 1.29 is 0 Å². The van der Waals surface area contributed by atoms with Crippen molar-refractivity contribution in [2.45, 2.75) is 63.7 Å². The molecule has 2 heteroatoms. The summed E-state index contributed by atoms with van der Waals surface area (Å²) >= 11 is 2.15. The molecule has 0 aliphatic carbocycles. The second-order valence-electron chi connectivity index (χ2n) is 4.83. The molecule has 0 aromatic heterocycles. The van der Waals surface area contributed by atoms with Gasteiger partial charge in [-0.05, 0) is 38.9 Å². The van der Waals surface area contributed by atoms with Crippen LogP contribution < -0.4 is 5.32 Å². The Morgan fingerprint density at radius 1 is 1.50 bits per heavy atom. The van der Waals surface area contributed by atoms with E-state index in [4.69, 9.17) is 0 Å². The van der Waals surface area contributed by atoms with Gasteiger partial charge in [0.05, 0.1) is 0 Å². The number of nitrogens with one attached hydrogen (secondary N) is 1. The van der Waals surface area contributed by atoms with Crippen molar-refractivity contribution >= 4 is 11.8 Å². The van der Waals surface area contributed by atoms with Gasteiger partial charge in [0, 0.05) is 17.3 Å². The summed E-state index contributed by atoms with van der Waals surface area (Å²) in [6.07, 6.45) is 6.81. The first-order valence-corrected chi connectivity index (χ1v) is 7.02. The van der Waals surface area contributed by atoms with Crippen molar-refractivity contribution in [2.24, 2.45) is 0 Å². The summed E-state index contributed by atoms with van der Waals surface area (Å²) in [5.41, 5.74) is 0. The van der Waals surface area contributed by atoms with Crippen LogP contribution in [-0.4, -0.2) is 23.1 Å². The van der Waals surface area contributed by atoms with Gasteiger partial charge in [0.2, 0.25) is 0 Å². The molecule has 1 rings (SSSR count). The Balaban J connectivity index is 2.12. The zero-order valence-corrected chi connectivity index (χ0v) is 10.8. The van der Waals surface area contributed by atoms with Gasteiger partial charge in [-0.3, -0.25) is 0 Å². The highest BCUT2D eigenvalue weighted by Gasteiger charge is 2.29. The maximum absolute atomic E-state index is 3.68. The molecular weight excluding hydrogens is 190 g/mol. The minimum Gasteiger partial charge on any atom is -0.313 e. The molecule has 1 aliphatic heterocycles. The van der Waals surface area contributed by atoms with Crippen LogP contribution in [0, 0.1) is 0 Å². The third kappa shape index (κ3) is 4.22. The Morgan fingerprint density at radius 2 is 2.29 bits per heavy atom.